The van der Waals surface area contributed by atoms with Gasteiger partial charge in [0.25, 0.3) is 0 Å². The monoisotopic (exact) mass is 571 g/mol. The Bertz CT molecular complexity index is 2250. The molecule has 43 heavy (non-hydrogen) atoms. The second kappa shape index (κ2) is 10.2. The molecule has 3 heterocycles. The number of imidazole rings is 1. The predicted molar refractivity (Wildman–Crippen MR) is 178 cm³/mol. The van der Waals surface area contributed by atoms with Crippen LogP contribution in [-0.2, 0) is 4.57 Å². The number of fused-ring (bicyclic) bond motifs is 5. The molecule has 0 bridgehead atoms. The number of aromatic nitrogens is 3. The molecule has 3 aromatic heterocycles. The Balaban J connectivity index is 1.32. The fraction of sp³-hybridized carbons (Fsp3) is 0. The van der Waals surface area contributed by atoms with Gasteiger partial charge in [-0.05, 0) is 12.1 Å². The zero-order valence-corrected chi connectivity index (χ0v) is 24.1. The van der Waals surface area contributed by atoms with Crippen LogP contribution in [0, 0.1) is 0 Å². The standard InChI is InChI=1S/C38H26N3OP/c42-43(29-14-6-2-7-15-29,30-16-8-3-9-17-30)31-22-20-28(21-23-31)37-33-24-25-41-26-35(27-12-4-1-5-13-27)40-38(41)36(33)32-18-10-11-19-34(32)39-37/h1-26H. The summed E-state index contributed by atoms with van der Waals surface area (Å²) >= 11 is 0. The van der Waals surface area contributed by atoms with Crippen LogP contribution in [0.3, 0.4) is 0 Å². The fourth-order valence-electron chi connectivity index (χ4n) is 6.00. The van der Waals surface area contributed by atoms with E-state index in [4.69, 9.17) is 9.97 Å². The molecule has 0 aliphatic carbocycles. The SMILES string of the molecule is O=P(c1ccccc1)(c1ccccc1)c1ccc(-c2nc3ccccc3c3c2ccn2cc(-c4ccccc4)nc32)cc1. The van der Waals surface area contributed by atoms with Crippen molar-refractivity contribution in [3.8, 4) is 22.5 Å². The Hall–Kier alpha value is -5.31. The van der Waals surface area contributed by atoms with Gasteiger partial charge in [-0.15, -0.1) is 0 Å². The van der Waals surface area contributed by atoms with Crippen LogP contribution in [-0.4, -0.2) is 14.4 Å². The summed E-state index contributed by atoms with van der Waals surface area (Å²) in [5.74, 6) is 0. The second-order valence-corrected chi connectivity index (χ2v) is 13.4. The summed E-state index contributed by atoms with van der Waals surface area (Å²) in [6.07, 6.45) is 4.14. The third-order valence-electron chi connectivity index (χ3n) is 8.10. The summed E-state index contributed by atoms with van der Waals surface area (Å²) in [6.45, 7) is 0. The lowest BCUT2D eigenvalue weighted by atomic mass is 10.0. The maximum atomic E-state index is 14.9. The van der Waals surface area contributed by atoms with E-state index in [1.807, 2.05) is 103 Å². The Morgan fingerprint density at radius 1 is 0.512 bits per heavy atom. The van der Waals surface area contributed by atoms with Crippen molar-refractivity contribution >= 4 is 50.4 Å². The lowest BCUT2D eigenvalue weighted by Crippen LogP contribution is -2.24. The number of pyridine rings is 2. The van der Waals surface area contributed by atoms with Gasteiger partial charge < -0.3 is 8.97 Å². The predicted octanol–water partition coefficient (Wildman–Crippen LogP) is 8.01. The molecular formula is C38H26N3OP. The first-order valence-electron chi connectivity index (χ1n) is 14.3. The summed E-state index contributed by atoms with van der Waals surface area (Å²) in [4.78, 5) is 10.3. The van der Waals surface area contributed by atoms with Gasteiger partial charge in [-0.1, -0.05) is 133 Å². The number of benzene rings is 5. The van der Waals surface area contributed by atoms with Crippen LogP contribution in [0.25, 0.3) is 49.8 Å². The van der Waals surface area contributed by atoms with Crippen molar-refractivity contribution in [3.63, 3.8) is 0 Å². The van der Waals surface area contributed by atoms with Crippen molar-refractivity contribution in [1.82, 2.24) is 14.4 Å². The fourth-order valence-corrected chi connectivity index (χ4v) is 8.64. The Morgan fingerprint density at radius 3 is 1.77 bits per heavy atom. The third-order valence-corrected chi connectivity index (χ3v) is 11.2. The van der Waals surface area contributed by atoms with Crippen molar-refractivity contribution in [1.29, 1.82) is 0 Å². The minimum absolute atomic E-state index is 0.793. The highest BCUT2D eigenvalue weighted by Crippen LogP contribution is 2.43. The molecule has 5 heteroatoms. The van der Waals surface area contributed by atoms with E-state index in [0.29, 0.717) is 0 Å². The van der Waals surface area contributed by atoms with E-state index >= 15 is 0 Å². The van der Waals surface area contributed by atoms with Crippen molar-refractivity contribution in [2.24, 2.45) is 0 Å². The highest BCUT2D eigenvalue weighted by Gasteiger charge is 2.29. The number of hydrogen-bond acceptors (Lipinski definition) is 3. The molecular weight excluding hydrogens is 545 g/mol. The van der Waals surface area contributed by atoms with Crippen LogP contribution in [0.5, 0.6) is 0 Å². The smallest absolute Gasteiger partial charge is 0.171 e. The second-order valence-electron chi connectivity index (χ2n) is 10.6. The highest BCUT2D eigenvalue weighted by molar-refractivity contribution is 7.85. The first kappa shape index (κ1) is 25.4. The van der Waals surface area contributed by atoms with Crippen molar-refractivity contribution in [2.45, 2.75) is 0 Å². The van der Waals surface area contributed by atoms with E-state index in [0.717, 1.165) is 65.8 Å². The van der Waals surface area contributed by atoms with Gasteiger partial charge in [0.05, 0.1) is 16.9 Å². The molecule has 0 aliphatic heterocycles. The van der Waals surface area contributed by atoms with Crippen LogP contribution in [0.4, 0.5) is 0 Å². The molecule has 0 spiro atoms. The number of para-hydroxylation sites is 1. The molecule has 0 amide bonds. The molecule has 0 radical (unpaired) electrons. The average molecular weight is 572 g/mol. The van der Waals surface area contributed by atoms with Crippen LogP contribution in [0.1, 0.15) is 0 Å². The quantitative estimate of drug-likeness (QED) is 0.155. The van der Waals surface area contributed by atoms with Gasteiger partial charge in [0.2, 0.25) is 0 Å². The van der Waals surface area contributed by atoms with Gasteiger partial charge in [0.15, 0.2) is 7.14 Å². The molecule has 204 valence electrons. The summed E-state index contributed by atoms with van der Waals surface area (Å²) < 4.78 is 17.0. The van der Waals surface area contributed by atoms with E-state index in [2.05, 4.69) is 59.3 Å². The normalized spacial score (nSPS) is 11.8. The minimum atomic E-state index is -3.07. The molecule has 4 nitrogen and oxygen atoms in total. The first-order chi connectivity index (χ1) is 21.2. The van der Waals surface area contributed by atoms with Crippen molar-refractivity contribution in [2.75, 3.05) is 0 Å². The van der Waals surface area contributed by atoms with Gasteiger partial charge >= 0.3 is 0 Å². The van der Waals surface area contributed by atoms with Gasteiger partial charge in [-0.3, -0.25) is 0 Å². The minimum Gasteiger partial charge on any atom is -0.309 e. The molecule has 0 saturated heterocycles. The Labute approximate surface area is 249 Å². The van der Waals surface area contributed by atoms with E-state index in [1.165, 1.54) is 0 Å². The van der Waals surface area contributed by atoms with Crippen LogP contribution in [0.2, 0.25) is 0 Å². The average Bonchev–Trinajstić information content (AvgIpc) is 3.54. The Morgan fingerprint density at radius 2 is 1.09 bits per heavy atom. The van der Waals surface area contributed by atoms with Gasteiger partial charge in [0.1, 0.15) is 5.65 Å². The number of rotatable bonds is 5. The van der Waals surface area contributed by atoms with Gasteiger partial charge in [-0.25, -0.2) is 9.97 Å². The summed E-state index contributed by atoms with van der Waals surface area (Å²) in [5, 5.41) is 5.58. The first-order valence-corrected chi connectivity index (χ1v) is 16.0. The molecule has 8 aromatic rings. The third kappa shape index (κ3) is 4.19. The van der Waals surface area contributed by atoms with Crippen LogP contribution < -0.4 is 15.9 Å². The molecule has 5 aromatic carbocycles. The zero-order valence-electron chi connectivity index (χ0n) is 23.2. The topological polar surface area (TPSA) is 47.3 Å². The van der Waals surface area contributed by atoms with Crippen molar-refractivity contribution < 1.29 is 4.57 Å². The molecule has 0 unspecified atom stereocenters. The molecule has 8 rings (SSSR count). The summed E-state index contributed by atoms with van der Waals surface area (Å²) in [6, 6.07) is 48.3. The van der Waals surface area contributed by atoms with E-state index in [9.17, 15) is 4.57 Å². The summed E-state index contributed by atoms with van der Waals surface area (Å²) in [5.41, 5.74) is 5.65. The van der Waals surface area contributed by atoms with Crippen molar-refractivity contribution in [3.05, 3.63) is 158 Å². The summed E-state index contributed by atoms with van der Waals surface area (Å²) in [7, 11) is -3.07. The maximum Gasteiger partial charge on any atom is 0.171 e. The number of nitrogens with zero attached hydrogens (tertiary/aromatic N) is 3. The maximum absolute atomic E-state index is 14.9. The molecule has 0 fully saturated rings. The molecule has 0 N–H and O–H groups in total. The largest absolute Gasteiger partial charge is 0.309 e. The Kier molecular flexibility index (Phi) is 6.03. The van der Waals surface area contributed by atoms with Crippen LogP contribution >= 0.6 is 7.14 Å². The van der Waals surface area contributed by atoms with Gasteiger partial charge in [-0.2, -0.15) is 0 Å². The number of hydrogen-bond donors (Lipinski definition) is 0. The van der Waals surface area contributed by atoms with E-state index in [-0.39, 0.29) is 0 Å². The molecule has 0 saturated carbocycles. The van der Waals surface area contributed by atoms with Crippen LogP contribution in [0.15, 0.2) is 158 Å². The lowest BCUT2D eigenvalue weighted by molar-refractivity contribution is 0.592. The highest BCUT2D eigenvalue weighted by atomic mass is 31.2. The molecule has 0 aliphatic rings. The molecule has 0 atom stereocenters. The van der Waals surface area contributed by atoms with E-state index < -0.39 is 7.14 Å². The zero-order chi connectivity index (χ0) is 28.8. The lowest BCUT2D eigenvalue weighted by Gasteiger charge is -2.20. The van der Waals surface area contributed by atoms with E-state index in [1.54, 1.807) is 0 Å². The van der Waals surface area contributed by atoms with Gasteiger partial charge in [0, 0.05) is 55.6 Å².